The van der Waals surface area contributed by atoms with Crippen LogP contribution in [-0.4, -0.2) is 41.9 Å². The number of carbonyl (C=O) groups is 1. The molecular weight excluding hydrogens is 326 g/mol. The van der Waals surface area contributed by atoms with E-state index in [9.17, 15) is 13.2 Å². The largest absolute Gasteiger partial charge is 0.481 e. The molecule has 0 bridgehead atoms. The second-order valence-electron chi connectivity index (χ2n) is 5.30. The van der Waals surface area contributed by atoms with Crippen LogP contribution in [0.5, 0.6) is 0 Å². The van der Waals surface area contributed by atoms with Gasteiger partial charge in [0.1, 0.15) is 5.01 Å². The van der Waals surface area contributed by atoms with E-state index < -0.39 is 16.2 Å². The number of nitrogens with one attached hydrogen (secondary N) is 1. The summed E-state index contributed by atoms with van der Waals surface area (Å²) in [7, 11) is -3.50. The summed E-state index contributed by atoms with van der Waals surface area (Å²) >= 11 is 1.27. The summed E-state index contributed by atoms with van der Waals surface area (Å²) in [4.78, 5) is 14.7. The van der Waals surface area contributed by atoms with Crippen molar-refractivity contribution in [3.05, 3.63) is 16.1 Å². The maximum atomic E-state index is 12.3. The van der Waals surface area contributed by atoms with Crippen molar-refractivity contribution in [2.45, 2.75) is 45.1 Å². The molecule has 2 rings (SSSR count). The summed E-state index contributed by atoms with van der Waals surface area (Å²) in [5.41, 5.74) is 0.456. The number of carboxylic acids is 1. The molecule has 2 N–H and O–H groups in total. The first-order valence-electron chi connectivity index (χ1n) is 7.37. The molecule has 1 aliphatic rings. The van der Waals surface area contributed by atoms with Crippen LogP contribution in [0.2, 0.25) is 0 Å². The molecule has 0 unspecified atom stereocenters. The molecule has 1 saturated heterocycles. The average Bonchev–Trinajstić information content (AvgIpc) is 2.82. The number of rotatable bonds is 6. The van der Waals surface area contributed by atoms with Gasteiger partial charge in [0.05, 0.1) is 18.7 Å². The first-order chi connectivity index (χ1) is 10.5. The maximum Gasteiger partial charge on any atom is 0.309 e. The van der Waals surface area contributed by atoms with E-state index in [1.807, 2.05) is 0 Å². The van der Waals surface area contributed by atoms with Gasteiger partial charge < -0.3 is 5.11 Å². The van der Waals surface area contributed by atoms with Crippen LogP contribution in [0.25, 0.3) is 0 Å². The van der Waals surface area contributed by atoms with Crippen molar-refractivity contribution in [2.75, 3.05) is 13.1 Å². The van der Waals surface area contributed by atoms with Crippen molar-refractivity contribution in [2.24, 2.45) is 0 Å². The third-order valence-electron chi connectivity index (χ3n) is 3.49. The summed E-state index contributed by atoms with van der Waals surface area (Å²) in [6.45, 7) is 1.21. The molecular formula is C13H21N3O4S2. The number of nitrogens with zero attached hydrogens (tertiary/aromatic N) is 2. The van der Waals surface area contributed by atoms with Crippen molar-refractivity contribution >= 4 is 27.5 Å². The number of thiazole rings is 1. The SMILES string of the molecule is O=C(O)Cc1csc(CNS(=O)(=O)N2CCCCCCC2)n1. The third kappa shape index (κ3) is 5.31. The van der Waals surface area contributed by atoms with Gasteiger partial charge in [-0.25, -0.2) is 4.98 Å². The van der Waals surface area contributed by atoms with E-state index in [0.29, 0.717) is 23.8 Å². The van der Waals surface area contributed by atoms with Gasteiger partial charge in [-0.3, -0.25) is 4.79 Å². The average molecular weight is 347 g/mol. The van der Waals surface area contributed by atoms with E-state index in [0.717, 1.165) is 25.7 Å². The van der Waals surface area contributed by atoms with Gasteiger partial charge in [-0.05, 0) is 12.8 Å². The summed E-state index contributed by atoms with van der Waals surface area (Å²) in [6.07, 6.45) is 4.94. The minimum Gasteiger partial charge on any atom is -0.481 e. The van der Waals surface area contributed by atoms with Gasteiger partial charge in [0.15, 0.2) is 0 Å². The van der Waals surface area contributed by atoms with Gasteiger partial charge in [0.25, 0.3) is 10.2 Å². The molecule has 0 aliphatic carbocycles. The summed E-state index contributed by atoms with van der Waals surface area (Å²) in [5, 5.41) is 10.9. The van der Waals surface area contributed by atoms with Gasteiger partial charge in [0, 0.05) is 18.5 Å². The van der Waals surface area contributed by atoms with Gasteiger partial charge in [0.2, 0.25) is 0 Å². The van der Waals surface area contributed by atoms with E-state index in [2.05, 4.69) is 9.71 Å². The molecule has 124 valence electrons. The molecule has 0 radical (unpaired) electrons. The number of aromatic nitrogens is 1. The highest BCUT2D eigenvalue weighted by Crippen LogP contribution is 2.14. The van der Waals surface area contributed by atoms with Gasteiger partial charge in [-0.15, -0.1) is 11.3 Å². The first-order valence-corrected chi connectivity index (χ1v) is 9.69. The van der Waals surface area contributed by atoms with Crippen LogP contribution >= 0.6 is 11.3 Å². The lowest BCUT2D eigenvalue weighted by Gasteiger charge is -2.24. The molecule has 7 nitrogen and oxygen atoms in total. The molecule has 0 spiro atoms. The first kappa shape index (κ1) is 17.3. The molecule has 0 saturated carbocycles. The fourth-order valence-electron chi connectivity index (χ4n) is 2.37. The molecule has 1 fully saturated rings. The summed E-state index contributed by atoms with van der Waals surface area (Å²) < 4.78 is 28.7. The van der Waals surface area contributed by atoms with Crippen LogP contribution in [0.3, 0.4) is 0 Å². The zero-order chi connectivity index (χ0) is 16.0. The normalized spacial score (nSPS) is 17.8. The zero-order valence-corrected chi connectivity index (χ0v) is 14.0. The van der Waals surface area contributed by atoms with Crippen LogP contribution in [0, 0.1) is 0 Å². The Morgan fingerprint density at radius 2 is 1.91 bits per heavy atom. The van der Waals surface area contributed by atoms with Crippen molar-refractivity contribution < 1.29 is 18.3 Å². The molecule has 2 heterocycles. The van der Waals surface area contributed by atoms with Crippen molar-refractivity contribution in [3.8, 4) is 0 Å². The number of hydrogen-bond donors (Lipinski definition) is 2. The molecule has 0 aromatic carbocycles. The maximum absolute atomic E-state index is 12.3. The Bertz CT molecular complexity index is 592. The van der Waals surface area contributed by atoms with Gasteiger partial charge >= 0.3 is 5.97 Å². The number of hydrogen-bond acceptors (Lipinski definition) is 5. The lowest BCUT2D eigenvalue weighted by molar-refractivity contribution is -0.136. The Hall–Kier alpha value is -1.03. The molecule has 22 heavy (non-hydrogen) atoms. The van der Waals surface area contributed by atoms with Crippen LogP contribution < -0.4 is 4.72 Å². The monoisotopic (exact) mass is 347 g/mol. The second-order valence-corrected chi connectivity index (χ2v) is 7.99. The van der Waals surface area contributed by atoms with Crippen LogP contribution in [0.1, 0.15) is 42.8 Å². The predicted octanol–water partition coefficient (Wildman–Crippen LogP) is 1.37. The minimum absolute atomic E-state index is 0.100. The highest BCUT2D eigenvalue weighted by Gasteiger charge is 2.22. The highest BCUT2D eigenvalue weighted by atomic mass is 32.2. The van der Waals surface area contributed by atoms with E-state index in [-0.39, 0.29) is 13.0 Å². The van der Waals surface area contributed by atoms with Gasteiger partial charge in [-0.2, -0.15) is 17.4 Å². The Morgan fingerprint density at radius 1 is 1.27 bits per heavy atom. The standard InChI is InChI=1S/C13H21N3O4S2/c17-13(18)8-11-10-21-12(15-11)9-14-22(19,20)16-6-4-2-1-3-5-7-16/h10,14H,1-9H2,(H,17,18). The third-order valence-corrected chi connectivity index (χ3v) is 5.94. The van der Waals surface area contributed by atoms with Crippen molar-refractivity contribution in [1.29, 1.82) is 0 Å². The van der Waals surface area contributed by atoms with Crippen molar-refractivity contribution in [1.82, 2.24) is 14.0 Å². The van der Waals surface area contributed by atoms with Gasteiger partial charge in [-0.1, -0.05) is 19.3 Å². The molecule has 1 aromatic rings. The van der Waals surface area contributed by atoms with E-state index in [4.69, 9.17) is 5.11 Å². The quantitative estimate of drug-likeness (QED) is 0.809. The fraction of sp³-hybridized carbons (Fsp3) is 0.692. The van der Waals surface area contributed by atoms with Crippen LogP contribution in [-0.2, 0) is 28.0 Å². The smallest absolute Gasteiger partial charge is 0.309 e. The fourth-order valence-corrected chi connectivity index (χ4v) is 4.43. The number of carboxylic acid groups (broad SMARTS) is 1. The predicted molar refractivity (Wildman–Crippen MR) is 83.9 cm³/mol. The Labute approximate surface area is 134 Å². The topological polar surface area (TPSA) is 99.6 Å². The summed E-state index contributed by atoms with van der Waals surface area (Å²) in [5.74, 6) is -0.946. The molecule has 1 aliphatic heterocycles. The number of aliphatic carboxylic acids is 1. The second kappa shape index (κ2) is 8.00. The van der Waals surface area contributed by atoms with E-state index in [1.165, 1.54) is 22.1 Å². The molecule has 0 amide bonds. The van der Waals surface area contributed by atoms with Crippen molar-refractivity contribution in [3.63, 3.8) is 0 Å². The summed E-state index contributed by atoms with van der Waals surface area (Å²) in [6, 6.07) is 0. The van der Waals surface area contributed by atoms with Crippen LogP contribution in [0.4, 0.5) is 0 Å². The zero-order valence-electron chi connectivity index (χ0n) is 12.3. The molecule has 1 aromatic heterocycles. The van der Waals surface area contributed by atoms with Crippen LogP contribution in [0.15, 0.2) is 5.38 Å². The molecule has 9 heteroatoms. The van der Waals surface area contributed by atoms with E-state index >= 15 is 0 Å². The molecule has 0 atom stereocenters. The minimum atomic E-state index is -3.50. The Balaban J connectivity index is 1.90. The highest BCUT2D eigenvalue weighted by molar-refractivity contribution is 7.87. The lowest BCUT2D eigenvalue weighted by atomic mass is 10.1. The Kier molecular flexibility index (Phi) is 6.30. The lowest BCUT2D eigenvalue weighted by Crippen LogP contribution is -2.41. The van der Waals surface area contributed by atoms with E-state index in [1.54, 1.807) is 5.38 Å². The Morgan fingerprint density at radius 3 is 2.55 bits per heavy atom.